The lowest BCUT2D eigenvalue weighted by molar-refractivity contribution is -0.383. The summed E-state index contributed by atoms with van der Waals surface area (Å²) in [5.74, 6) is 0. The molecule has 0 aliphatic heterocycles. The Hall–Kier alpha value is -2.36. The van der Waals surface area contributed by atoms with Crippen LogP contribution < -0.4 is 0 Å². The van der Waals surface area contributed by atoms with Gasteiger partial charge in [0.15, 0.2) is 0 Å². The summed E-state index contributed by atoms with van der Waals surface area (Å²) in [6, 6.07) is 8.90. The molecule has 1 heterocycles. The zero-order valence-electron chi connectivity index (χ0n) is 9.23. The normalized spacial score (nSPS) is 11.1. The number of H-pyrrole nitrogens is 1. The first-order valence-electron chi connectivity index (χ1n) is 5.32. The minimum Gasteiger partial charge on any atom is -0.360 e. The van der Waals surface area contributed by atoms with Crippen LogP contribution in [0.25, 0.3) is 21.7 Å². The van der Waals surface area contributed by atoms with Crippen LogP contribution in [0.1, 0.15) is 5.56 Å². The summed E-state index contributed by atoms with van der Waals surface area (Å²) < 4.78 is 0. The quantitative estimate of drug-likeness (QED) is 0.509. The largest absolute Gasteiger partial charge is 0.360 e. The smallest absolute Gasteiger partial charge is 0.277 e. The van der Waals surface area contributed by atoms with E-state index in [1.165, 1.54) is 6.07 Å². The molecule has 0 bridgehead atoms. The molecule has 0 aliphatic carbocycles. The van der Waals surface area contributed by atoms with Gasteiger partial charge in [0.25, 0.3) is 5.69 Å². The van der Waals surface area contributed by atoms with Gasteiger partial charge in [-0.25, -0.2) is 0 Å². The van der Waals surface area contributed by atoms with Crippen LogP contribution in [-0.4, -0.2) is 9.91 Å². The van der Waals surface area contributed by atoms with E-state index in [0.717, 1.165) is 21.9 Å². The average molecular weight is 226 g/mol. The number of nitrogens with zero attached hydrogens (tertiary/aromatic N) is 1. The van der Waals surface area contributed by atoms with Gasteiger partial charge >= 0.3 is 0 Å². The van der Waals surface area contributed by atoms with Gasteiger partial charge in [0.1, 0.15) is 0 Å². The van der Waals surface area contributed by atoms with Crippen LogP contribution in [0.15, 0.2) is 36.5 Å². The molecule has 0 aliphatic rings. The Bertz CT molecular complexity index is 744. The van der Waals surface area contributed by atoms with Crippen molar-refractivity contribution < 1.29 is 4.92 Å². The Morgan fingerprint density at radius 2 is 1.88 bits per heavy atom. The molecule has 17 heavy (non-hydrogen) atoms. The number of nitro groups is 1. The highest BCUT2D eigenvalue weighted by atomic mass is 16.6. The summed E-state index contributed by atoms with van der Waals surface area (Å²) in [4.78, 5) is 13.8. The van der Waals surface area contributed by atoms with Crippen molar-refractivity contribution in [1.82, 2.24) is 4.98 Å². The van der Waals surface area contributed by atoms with Crippen LogP contribution in [0.5, 0.6) is 0 Å². The lowest BCUT2D eigenvalue weighted by atomic mass is 10.0. The van der Waals surface area contributed by atoms with Gasteiger partial charge < -0.3 is 4.98 Å². The van der Waals surface area contributed by atoms with E-state index in [1.54, 1.807) is 6.07 Å². The van der Waals surface area contributed by atoms with E-state index >= 15 is 0 Å². The molecule has 2 aromatic carbocycles. The van der Waals surface area contributed by atoms with E-state index in [0.29, 0.717) is 5.39 Å². The number of hydrogen-bond donors (Lipinski definition) is 1. The summed E-state index contributed by atoms with van der Waals surface area (Å²) in [5, 5.41) is 13.6. The van der Waals surface area contributed by atoms with Gasteiger partial charge in [0, 0.05) is 23.0 Å². The molecule has 0 saturated carbocycles. The predicted octanol–water partition coefficient (Wildman–Crippen LogP) is 3.54. The van der Waals surface area contributed by atoms with Gasteiger partial charge in [0.05, 0.1) is 15.8 Å². The molecular formula is C13H10N2O2. The maximum Gasteiger partial charge on any atom is 0.277 e. The van der Waals surface area contributed by atoms with Crippen LogP contribution in [-0.2, 0) is 0 Å². The summed E-state index contributed by atoms with van der Waals surface area (Å²) in [5.41, 5.74) is 2.26. The third kappa shape index (κ3) is 1.30. The van der Waals surface area contributed by atoms with Crippen molar-refractivity contribution in [3.05, 3.63) is 52.2 Å². The molecule has 0 atom stereocenters. The zero-order chi connectivity index (χ0) is 12.0. The predicted molar refractivity (Wildman–Crippen MR) is 67.2 cm³/mol. The number of nitro benzene ring substituents is 1. The highest BCUT2D eigenvalue weighted by Gasteiger charge is 2.13. The number of aromatic amines is 1. The van der Waals surface area contributed by atoms with Crippen molar-refractivity contribution in [3.63, 3.8) is 0 Å². The molecule has 3 aromatic rings. The van der Waals surface area contributed by atoms with Crippen LogP contribution in [0.2, 0.25) is 0 Å². The maximum absolute atomic E-state index is 11.0. The van der Waals surface area contributed by atoms with Gasteiger partial charge in [-0.05, 0) is 18.6 Å². The van der Waals surface area contributed by atoms with Crippen LogP contribution in [0.4, 0.5) is 5.69 Å². The minimum absolute atomic E-state index is 0.150. The summed E-state index contributed by atoms with van der Waals surface area (Å²) in [7, 11) is 0. The molecule has 3 rings (SSSR count). The van der Waals surface area contributed by atoms with E-state index in [4.69, 9.17) is 0 Å². The second-order valence-corrected chi connectivity index (χ2v) is 4.09. The molecule has 0 saturated heterocycles. The minimum atomic E-state index is -0.343. The lowest BCUT2D eigenvalue weighted by Gasteiger charge is -2.01. The highest BCUT2D eigenvalue weighted by molar-refractivity contribution is 6.09. The average Bonchev–Trinajstić information content (AvgIpc) is 2.70. The number of non-ortho nitro benzene ring substituents is 1. The number of hydrogen-bond acceptors (Lipinski definition) is 2. The number of aryl methyl sites for hydroxylation is 1. The third-order valence-corrected chi connectivity index (χ3v) is 3.09. The fourth-order valence-electron chi connectivity index (χ4n) is 2.24. The molecule has 4 heteroatoms. The second-order valence-electron chi connectivity index (χ2n) is 4.09. The van der Waals surface area contributed by atoms with Crippen molar-refractivity contribution in [3.8, 4) is 0 Å². The first-order chi connectivity index (χ1) is 8.18. The SMILES string of the molecule is Cc1c[nH]c2c1ccc1c([N+](=O)[O-])cccc12. The first-order valence-corrected chi connectivity index (χ1v) is 5.32. The number of rotatable bonds is 1. The van der Waals surface area contributed by atoms with Gasteiger partial charge in [-0.1, -0.05) is 18.2 Å². The molecule has 0 amide bonds. The van der Waals surface area contributed by atoms with Crippen molar-refractivity contribution in [1.29, 1.82) is 0 Å². The summed E-state index contributed by atoms with van der Waals surface area (Å²) in [6.07, 6.45) is 1.92. The lowest BCUT2D eigenvalue weighted by Crippen LogP contribution is -1.89. The molecule has 0 fully saturated rings. The second kappa shape index (κ2) is 3.31. The number of nitrogens with one attached hydrogen (secondary N) is 1. The number of benzene rings is 2. The van der Waals surface area contributed by atoms with E-state index < -0.39 is 0 Å². The van der Waals surface area contributed by atoms with Gasteiger partial charge in [-0.2, -0.15) is 0 Å². The summed E-state index contributed by atoms with van der Waals surface area (Å²) >= 11 is 0. The van der Waals surface area contributed by atoms with Crippen LogP contribution in [0, 0.1) is 17.0 Å². The molecule has 1 aromatic heterocycles. The molecule has 0 radical (unpaired) electrons. The molecule has 0 spiro atoms. The topological polar surface area (TPSA) is 58.9 Å². The highest BCUT2D eigenvalue weighted by Crippen LogP contribution is 2.31. The number of aromatic nitrogens is 1. The molecule has 4 nitrogen and oxygen atoms in total. The molecule has 0 unspecified atom stereocenters. The molecule has 1 N–H and O–H groups in total. The standard InChI is InChI=1S/C13H10N2O2/c1-8-7-14-13-9(8)5-6-10-11(13)3-2-4-12(10)15(16)17/h2-7,14H,1H3. The molecule has 84 valence electrons. The van der Waals surface area contributed by atoms with Crippen molar-refractivity contribution in [2.24, 2.45) is 0 Å². The molecular weight excluding hydrogens is 216 g/mol. The van der Waals surface area contributed by atoms with Crippen molar-refractivity contribution in [2.75, 3.05) is 0 Å². The van der Waals surface area contributed by atoms with E-state index in [2.05, 4.69) is 4.98 Å². The Balaban J connectivity index is 2.52. The van der Waals surface area contributed by atoms with Gasteiger partial charge in [0.2, 0.25) is 0 Å². The Labute approximate surface area is 97.0 Å². The first kappa shape index (κ1) is 9.84. The summed E-state index contributed by atoms with van der Waals surface area (Å²) in [6.45, 7) is 2.02. The van der Waals surface area contributed by atoms with Crippen LogP contribution in [0.3, 0.4) is 0 Å². The van der Waals surface area contributed by atoms with E-state index in [1.807, 2.05) is 31.3 Å². The monoisotopic (exact) mass is 226 g/mol. The maximum atomic E-state index is 11.0. The van der Waals surface area contributed by atoms with Gasteiger partial charge in [-0.3, -0.25) is 10.1 Å². The van der Waals surface area contributed by atoms with Gasteiger partial charge in [-0.15, -0.1) is 0 Å². The third-order valence-electron chi connectivity index (χ3n) is 3.09. The number of fused-ring (bicyclic) bond motifs is 3. The van der Waals surface area contributed by atoms with E-state index in [-0.39, 0.29) is 10.6 Å². The zero-order valence-corrected chi connectivity index (χ0v) is 9.23. The Morgan fingerprint density at radius 3 is 2.65 bits per heavy atom. The fourth-order valence-corrected chi connectivity index (χ4v) is 2.24. The Morgan fingerprint density at radius 1 is 1.12 bits per heavy atom. The van der Waals surface area contributed by atoms with Crippen LogP contribution >= 0.6 is 0 Å². The van der Waals surface area contributed by atoms with Crippen molar-refractivity contribution >= 4 is 27.4 Å². The Kier molecular flexibility index (Phi) is 1.92. The van der Waals surface area contributed by atoms with E-state index in [9.17, 15) is 10.1 Å². The fraction of sp³-hybridized carbons (Fsp3) is 0.0769. The van der Waals surface area contributed by atoms with Crippen molar-refractivity contribution in [2.45, 2.75) is 6.92 Å².